The summed E-state index contributed by atoms with van der Waals surface area (Å²) in [6, 6.07) is 6.02. The Morgan fingerprint density at radius 3 is 2.75 bits per heavy atom. The zero-order valence-corrected chi connectivity index (χ0v) is 12.1. The molecule has 0 heterocycles. The Bertz CT molecular complexity index is 315. The summed E-state index contributed by atoms with van der Waals surface area (Å²) in [5.41, 5.74) is 1.35. The van der Waals surface area contributed by atoms with Gasteiger partial charge < -0.3 is 5.32 Å². The molecular weight excluding hydrogens is 286 g/mol. The second kappa shape index (κ2) is 8.10. The van der Waals surface area contributed by atoms with Gasteiger partial charge in [0.05, 0.1) is 0 Å². The Morgan fingerprint density at radius 1 is 1.25 bits per heavy atom. The van der Waals surface area contributed by atoms with Gasteiger partial charge in [-0.2, -0.15) is 0 Å². The van der Waals surface area contributed by atoms with Gasteiger partial charge in [-0.05, 0) is 56.5 Å². The monoisotopic (exact) mass is 303 g/mol. The summed E-state index contributed by atoms with van der Waals surface area (Å²) < 4.78 is 1.13. The van der Waals surface area contributed by atoms with Gasteiger partial charge in [0.25, 0.3) is 0 Å². The van der Waals surface area contributed by atoms with E-state index in [0.29, 0.717) is 0 Å². The first-order chi connectivity index (χ1) is 7.74. The van der Waals surface area contributed by atoms with Crippen molar-refractivity contribution < 1.29 is 0 Å². The van der Waals surface area contributed by atoms with E-state index in [-0.39, 0.29) is 0 Å². The molecule has 0 unspecified atom stereocenters. The van der Waals surface area contributed by atoms with Crippen LogP contribution < -0.4 is 5.32 Å². The Kier molecular flexibility index (Phi) is 7.10. The van der Waals surface area contributed by atoms with Crippen molar-refractivity contribution in [2.45, 2.75) is 32.6 Å². The highest BCUT2D eigenvalue weighted by Crippen LogP contribution is 2.22. The summed E-state index contributed by atoms with van der Waals surface area (Å²) in [5, 5.41) is 4.20. The minimum absolute atomic E-state index is 0.792. The molecule has 0 amide bonds. The molecule has 1 rings (SSSR count). The van der Waals surface area contributed by atoms with E-state index in [1.54, 1.807) is 0 Å². The fraction of sp³-hybridized carbons (Fsp3) is 0.538. The molecule has 0 aliphatic rings. The first-order valence-corrected chi connectivity index (χ1v) is 7.05. The van der Waals surface area contributed by atoms with Gasteiger partial charge in [-0.3, -0.25) is 0 Å². The molecule has 3 heteroatoms. The van der Waals surface area contributed by atoms with Crippen LogP contribution in [-0.2, 0) is 6.42 Å². The van der Waals surface area contributed by atoms with Gasteiger partial charge in [0, 0.05) is 9.50 Å². The Hall–Kier alpha value is -0.0500. The average Bonchev–Trinajstić information content (AvgIpc) is 2.26. The molecule has 1 aromatic carbocycles. The lowest BCUT2D eigenvalue weighted by Crippen LogP contribution is -2.15. The van der Waals surface area contributed by atoms with Gasteiger partial charge in [0.15, 0.2) is 0 Å². The Balaban J connectivity index is 2.21. The number of hydrogen-bond donors (Lipinski definition) is 1. The van der Waals surface area contributed by atoms with Crippen molar-refractivity contribution in [2.24, 2.45) is 0 Å². The zero-order chi connectivity index (χ0) is 11.8. The highest BCUT2D eigenvalue weighted by molar-refractivity contribution is 9.10. The fourth-order valence-electron chi connectivity index (χ4n) is 1.59. The summed E-state index contributed by atoms with van der Waals surface area (Å²) in [7, 11) is 0. The number of aryl methyl sites for hydroxylation is 1. The Morgan fingerprint density at radius 2 is 2.06 bits per heavy atom. The summed E-state index contributed by atoms with van der Waals surface area (Å²) in [6.07, 6.45) is 4.78. The minimum atomic E-state index is 0.792. The number of hydrogen-bond acceptors (Lipinski definition) is 1. The predicted molar refractivity (Wildman–Crippen MR) is 75.3 cm³/mol. The number of halogens is 2. The minimum Gasteiger partial charge on any atom is -0.317 e. The van der Waals surface area contributed by atoms with Crippen LogP contribution in [-0.4, -0.2) is 13.1 Å². The number of rotatable bonds is 7. The van der Waals surface area contributed by atoms with Gasteiger partial charge >= 0.3 is 0 Å². The van der Waals surface area contributed by atoms with Crippen molar-refractivity contribution in [1.29, 1.82) is 0 Å². The molecule has 0 radical (unpaired) electrons. The standard InChI is InChI=1S/C13H19BrClN/c1-2-8-16-9-4-3-5-11-6-7-12(15)10-13(11)14/h6-7,10,16H,2-5,8-9H2,1H3. The van der Waals surface area contributed by atoms with Crippen LogP contribution >= 0.6 is 27.5 Å². The third-order valence-corrected chi connectivity index (χ3v) is 3.46. The van der Waals surface area contributed by atoms with Crippen molar-refractivity contribution in [3.05, 3.63) is 33.3 Å². The van der Waals surface area contributed by atoms with E-state index in [1.807, 2.05) is 12.1 Å². The summed E-state index contributed by atoms with van der Waals surface area (Å²) in [6.45, 7) is 4.45. The van der Waals surface area contributed by atoms with Crippen LogP contribution in [0.2, 0.25) is 5.02 Å². The molecule has 0 aliphatic heterocycles. The zero-order valence-electron chi connectivity index (χ0n) is 9.73. The second-order valence-corrected chi connectivity index (χ2v) is 5.23. The van der Waals surface area contributed by atoms with Gasteiger partial charge in [0.1, 0.15) is 0 Å². The largest absolute Gasteiger partial charge is 0.317 e. The molecule has 0 spiro atoms. The van der Waals surface area contributed by atoms with Gasteiger partial charge in [0.2, 0.25) is 0 Å². The quantitative estimate of drug-likeness (QED) is 0.735. The number of nitrogens with one attached hydrogen (secondary N) is 1. The third kappa shape index (κ3) is 5.33. The lowest BCUT2D eigenvalue weighted by molar-refractivity contribution is 0.616. The van der Waals surface area contributed by atoms with E-state index in [0.717, 1.165) is 29.0 Å². The topological polar surface area (TPSA) is 12.0 Å². The van der Waals surface area contributed by atoms with Crippen molar-refractivity contribution in [3.63, 3.8) is 0 Å². The van der Waals surface area contributed by atoms with Crippen LogP contribution in [0.3, 0.4) is 0 Å². The maximum absolute atomic E-state index is 5.90. The van der Waals surface area contributed by atoms with Crippen LogP contribution in [0.4, 0.5) is 0 Å². The van der Waals surface area contributed by atoms with Crippen LogP contribution in [0, 0.1) is 0 Å². The van der Waals surface area contributed by atoms with Crippen LogP contribution in [0.25, 0.3) is 0 Å². The maximum atomic E-state index is 5.90. The normalized spacial score (nSPS) is 10.7. The van der Waals surface area contributed by atoms with Gasteiger partial charge in [-0.25, -0.2) is 0 Å². The lowest BCUT2D eigenvalue weighted by Gasteiger charge is -2.05. The lowest BCUT2D eigenvalue weighted by atomic mass is 10.1. The number of benzene rings is 1. The molecule has 0 fully saturated rings. The van der Waals surface area contributed by atoms with E-state index < -0.39 is 0 Å². The first-order valence-electron chi connectivity index (χ1n) is 5.88. The second-order valence-electron chi connectivity index (χ2n) is 3.94. The molecule has 0 bridgehead atoms. The van der Waals surface area contributed by atoms with Gasteiger partial charge in [-0.15, -0.1) is 0 Å². The van der Waals surface area contributed by atoms with E-state index in [4.69, 9.17) is 11.6 Å². The van der Waals surface area contributed by atoms with E-state index in [1.165, 1.54) is 24.8 Å². The third-order valence-electron chi connectivity index (χ3n) is 2.49. The summed E-state index contributed by atoms with van der Waals surface area (Å²) >= 11 is 9.44. The van der Waals surface area contributed by atoms with Crippen molar-refractivity contribution >= 4 is 27.5 Å². The van der Waals surface area contributed by atoms with Crippen molar-refractivity contribution in [1.82, 2.24) is 5.32 Å². The molecule has 0 atom stereocenters. The molecule has 1 nitrogen and oxygen atoms in total. The molecule has 1 N–H and O–H groups in total. The molecular formula is C13H19BrClN. The van der Waals surface area contributed by atoms with Crippen LogP contribution in [0.1, 0.15) is 31.7 Å². The van der Waals surface area contributed by atoms with E-state index >= 15 is 0 Å². The maximum Gasteiger partial charge on any atom is 0.0417 e. The van der Waals surface area contributed by atoms with Crippen molar-refractivity contribution in [3.8, 4) is 0 Å². The molecule has 0 aromatic heterocycles. The summed E-state index contributed by atoms with van der Waals surface area (Å²) in [4.78, 5) is 0. The molecule has 0 saturated heterocycles. The van der Waals surface area contributed by atoms with Crippen molar-refractivity contribution in [2.75, 3.05) is 13.1 Å². The SMILES string of the molecule is CCCNCCCCc1ccc(Cl)cc1Br. The van der Waals surface area contributed by atoms with Crippen LogP contribution in [0.5, 0.6) is 0 Å². The van der Waals surface area contributed by atoms with Gasteiger partial charge in [-0.1, -0.05) is 40.5 Å². The average molecular weight is 305 g/mol. The highest BCUT2D eigenvalue weighted by atomic mass is 79.9. The summed E-state index contributed by atoms with van der Waals surface area (Å²) in [5.74, 6) is 0. The molecule has 1 aromatic rings. The fourth-order valence-corrected chi connectivity index (χ4v) is 2.47. The smallest absolute Gasteiger partial charge is 0.0417 e. The predicted octanol–water partition coefficient (Wildman–Crippen LogP) is 4.42. The molecule has 0 saturated carbocycles. The van der Waals surface area contributed by atoms with E-state index in [9.17, 15) is 0 Å². The Labute approximate surface area is 112 Å². The number of unbranched alkanes of at least 4 members (excludes halogenated alkanes) is 1. The van der Waals surface area contributed by atoms with E-state index in [2.05, 4.69) is 34.2 Å². The van der Waals surface area contributed by atoms with Crippen LogP contribution in [0.15, 0.2) is 22.7 Å². The molecule has 16 heavy (non-hydrogen) atoms. The highest BCUT2D eigenvalue weighted by Gasteiger charge is 2.00. The first kappa shape index (κ1) is 14.0. The molecule has 0 aliphatic carbocycles. The molecule has 90 valence electrons.